The van der Waals surface area contributed by atoms with Crippen LogP contribution < -0.4 is 5.73 Å². The van der Waals surface area contributed by atoms with Gasteiger partial charge in [-0.05, 0) is 70.2 Å². The standard InChI is InChI=1S/C25H34FN3OS/c1-9-14(5)16(7)21(15(6)13(3)4)25(28)22-18(10-2)20(12-30)19(11-29-17(8)31)24(27)23(22)26/h9,11,28,30-31H,8,10,12,27H2,1-7H3/b14-9-,21-16-,28-25?,29-11-. The van der Waals surface area contributed by atoms with Gasteiger partial charge < -0.3 is 10.8 Å². The lowest BCUT2D eigenvalue weighted by Gasteiger charge is -2.23. The summed E-state index contributed by atoms with van der Waals surface area (Å²) in [5.41, 5.74) is 11.9. The highest BCUT2D eigenvalue weighted by molar-refractivity contribution is 7.84. The first-order chi connectivity index (χ1) is 14.4. The number of benzene rings is 1. The number of hydrogen-bond acceptors (Lipinski definition) is 5. The maximum atomic E-state index is 15.7. The number of nitrogen functional groups attached to an aromatic ring is 1. The SMILES string of the molecule is C=C(S)/N=C\c1c(N)c(F)c(C(=N)/C(C(C)=C(C)C)=C(C)\C(C)=C/C)c(CC)c1CO. The van der Waals surface area contributed by atoms with E-state index in [0.29, 0.717) is 23.1 Å². The van der Waals surface area contributed by atoms with Gasteiger partial charge in [-0.3, -0.25) is 10.4 Å². The smallest absolute Gasteiger partial charge is 0.156 e. The number of aliphatic hydroxyl groups is 1. The Bertz CT molecular complexity index is 1030. The maximum absolute atomic E-state index is 15.7. The van der Waals surface area contributed by atoms with E-state index < -0.39 is 5.82 Å². The minimum atomic E-state index is -0.685. The summed E-state index contributed by atoms with van der Waals surface area (Å²) in [5, 5.41) is 19.4. The molecule has 1 rings (SSSR count). The minimum absolute atomic E-state index is 0.0512. The molecule has 6 heteroatoms. The van der Waals surface area contributed by atoms with Crippen LogP contribution in [0.3, 0.4) is 0 Å². The number of rotatable bonds is 8. The highest BCUT2D eigenvalue weighted by Gasteiger charge is 2.26. The van der Waals surface area contributed by atoms with Crippen molar-refractivity contribution >= 4 is 30.2 Å². The average molecular weight is 444 g/mol. The molecular formula is C25H34FN3OS. The number of hydrogen-bond donors (Lipinski definition) is 4. The number of thiol groups is 1. The zero-order chi connectivity index (χ0) is 24.0. The third kappa shape index (κ3) is 5.63. The molecule has 0 fully saturated rings. The fourth-order valence-corrected chi connectivity index (χ4v) is 3.48. The molecule has 0 aromatic heterocycles. The lowest BCUT2D eigenvalue weighted by Crippen LogP contribution is -2.18. The van der Waals surface area contributed by atoms with Crippen LogP contribution in [0.25, 0.3) is 0 Å². The minimum Gasteiger partial charge on any atom is -0.396 e. The number of allylic oxidation sites excluding steroid dienone is 6. The van der Waals surface area contributed by atoms with E-state index >= 15 is 4.39 Å². The molecule has 0 saturated carbocycles. The van der Waals surface area contributed by atoms with Gasteiger partial charge in [0.1, 0.15) is 0 Å². The van der Waals surface area contributed by atoms with Crippen LogP contribution in [0.4, 0.5) is 10.1 Å². The summed E-state index contributed by atoms with van der Waals surface area (Å²) < 4.78 is 15.7. The summed E-state index contributed by atoms with van der Waals surface area (Å²) >= 11 is 4.03. The monoisotopic (exact) mass is 443 g/mol. The fourth-order valence-electron chi connectivity index (χ4n) is 3.42. The third-order valence-electron chi connectivity index (χ3n) is 5.62. The van der Waals surface area contributed by atoms with Gasteiger partial charge >= 0.3 is 0 Å². The Morgan fingerprint density at radius 1 is 1.19 bits per heavy atom. The molecule has 31 heavy (non-hydrogen) atoms. The molecule has 1 aromatic rings. The van der Waals surface area contributed by atoms with Crippen molar-refractivity contribution in [2.75, 3.05) is 5.73 Å². The molecule has 0 aliphatic carbocycles. The Kier molecular flexibility index (Phi) is 9.66. The Balaban J connectivity index is 4.09. The van der Waals surface area contributed by atoms with Gasteiger partial charge in [0.25, 0.3) is 0 Å². The van der Waals surface area contributed by atoms with Crippen LogP contribution in [0.5, 0.6) is 0 Å². The lowest BCUT2D eigenvalue weighted by molar-refractivity contribution is 0.280. The maximum Gasteiger partial charge on any atom is 0.156 e. The Morgan fingerprint density at radius 3 is 2.19 bits per heavy atom. The first-order valence-corrected chi connectivity index (χ1v) is 10.6. The van der Waals surface area contributed by atoms with E-state index in [0.717, 1.165) is 22.3 Å². The largest absolute Gasteiger partial charge is 0.396 e. The Hall–Kier alpha value is -2.44. The summed E-state index contributed by atoms with van der Waals surface area (Å²) in [6.07, 6.45) is 3.74. The summed E-state index contributed by atoms with van der Waals surface area (Å²) in [5.74, 6) is -0.685. The molecule has 0 aliphatic heterocycles. The van der Waals surface area contributed by atoms with Gasteiger partial charge in [0, 0.05) is 22.9 Å². The highest BCUT2D eigenvalue weighted by Crippen LogP contribution is 2.34. The molecule has 4 nitrogen and oxygen atoms in total. The van der Waals surface area contributed by atoms with Crippen LogP contribution >= 0.6 is 12.6 Å². The summed E-state index contributed by atoms with van der Waals surface area (Å²) in [6, 6.07) is 0. The van der Waals surface area contributed by atoms with Gasteiger partial charge in [-0.2, -0.15) is 0 Å². The molecule has 168 valence electrons. The van der Waals surface area contributed by atoms with E-state index in [-0.39, 0.29) is 34.2 Å². The van der Waals surface area contributed by atoms with Crippen molar-refractivity contribution in [3.63, 3.8) is 0 Å². The van der Waals surface area contributed by atoms with Crippen molar-refractivity contribution in [1.29, 1.82) is 5.41 Å². The summed E-state index contributed by atoms with van der Waals surface area (Å²) in [4.78, 5) is 4.01. The number of aliphatic hydroxyl groups excluding tert-OH is 1. The summed E-state index contributed by atoms with van der Waals surface area (Å²) in [7, 11) is 0. The second-order valence-corrected chi connectivity index (χ2v) is 8.15. The number of nitrogens with two attached hydrogens (primary N) is 1. The first-order valence-electron chi connectivity index (χ1n) is 10.2. The molecular weight excluding hydrogens is 409 g/mol. The van der Waals surface area contributed by atoms with E-state index in [2.05, 4.69) is 24.2 Å². The molecule has 4 N–H and O–H groups in total. The second-order valence-electron chi connectivity index (χ2n) is 7.63. The van der Waals surface area contributed by atoms with Gasteiger partial charge in [0.2, 0.25) is 0 Å². The number of anilines is 1. The molecule has 0 spiro atoms. The van der Waals surface area contributed by atoms with E-state index in [4.69, 9.17) is 11.1 Å². The predicted octanol–water partition coefficient (Wildman–Crippen LogP) is 6.29. The van der Waals surface area contributed by atoms with Crippen LogP contribution in [0.1, 0.15) is 70.7 Å². The van der Waals surface area contributed by atoms with Gasteiger partial charge in [-0.25, -0.2) is 4.39 Å². The second kappa shape index (κ2) is 11.3. The van der Waals surface area contributed by atoms with Crippen molar-refractivity contribution in [3.05, 3.63) is 73.6 Å². The lowest BCUT2D eigenvalue weighted by atomic mass is 9.83. The Morgan fingerprint density at radius 2 is 1.77 bits per heavy atom. The van der Waals surface area contributed by atoms with Crippen molar-refractivity contribution in [1.82, 2.24) is 0 Å². The zero-order valence-corrected chi connectivity index (χ0v) is 20.5. The molecule has 0 bridgehead atoms. The van der Waals surface area contributed by atoms with Crippen LogP contribution in [-0.2, 0) is 13.0 Å². The van der Waals surface area contributed by atoms with E-state index in [1.807, 2.05) is 54.5 Å². The molecule has 0 radical (unpaired) electrons. The van der Waals surface area contributed by atoms with Crippen LogP contribution in [-0.4, -0.2) is 17.0 Å². The Labute approximate surface area is 191 Å². The van der Waals surface area contributed by atoms with Crippen molar-refractivity contribution in [3.8, 4) is 0 Å². The van der Waals surface area contributed by atoms with Gasteiger partial charge in [0.15, 0.2) is 5.82 Å². The van der Waals surface area contributed by atoms with E-state index in [1.165, 1.54) is 6.21 Å². The highest BCUT2D eigenvalue weighted by atomic mass is 32.1. The molecule has 0 unspecified atom stereocenters. The van der Waals surface area contributed by atoms with Crippen LogP contribution in [0.15, 0.2) is 50.5 Å². The normalized spacial score (nSPS) is 12.8. The van der Waals surface area contributed by atoms with Crippen LogP contribution in [0, 0.1) is 11.2 Å². The van der Waals surface area contributed by atoms with Gasteiger partial charge in [-0.1, -0.05) is 30.7 Å². The van der Waals surface area contributed by atoms with Gasteiger partial charge in [-0.15, -0.1) is 12.6 Å². The number of aliphatic imine (C=N–C) groups is 1. The molecule has 0 heterocycles. The van der Waals surface area contributed by atoms with E-state index in [1.54, 1.807) is 0 Å². The fraction of sp³-hybridized carbons (Fsp3) is 0.360. The molecule has 0 atom stereocenters. The molecule has 0 saturated heterocycles. The van der Waals surface area contributed by atoms with Crippen molar-refractivity contribution in [2.45, 2.75) is 61.5 Å². The quantitative estimate of drug-likeness (QED) is 0.165. The average Bonchev–Trinajstić information content (AvgIpc) is 2.72. The van der Waals surface area contributed by atoms with Crippen LogP contribution in [0.2, 0.25) is 0 Å². The molecule has 0 aliphatic rings. The molecule has 0 amide bonds. The first kappa shape index (κ1) is 26.6. The topological polar surface area (TPSA) is 82.5 Å². The predicted molar refractivity (Wildman–Crippen MR) is 135 cm³/mol. The zero-order valence-electron chi connectivity index (χ0n) is 19.6. The number of nitrogens with one attached hydrogen (secondary N) is 1. The third-order valence-corrected chi connectivity index (χ3v) is 5.73. The molecule has 1 aromatic carbocycles. The summed E-state index contributed by atoms with van der Waals surface area (Å²) in [6.45, 7) is 16.8. The van der Waals surface area contributed by atoms with Crippen molar-refractivity contribution in [2.24, 2.45) is 4.99 Å². The van der Waals surface area contributed by atoms with E-state index in [9.17, 15) is 5.11 Å². The number of nitrogens with zero attached hydrogens (tertiary/aromatic N) is 1. The van der Waals surface area contributed by atoms with Gasteiger partial charge in [0.05, 0.1) is 23.0 Å². The van der Waals surface area contributed by atoms with Crippen molar-refractivity contribution < 1.29 is 9.50 Å². The number of halogens is 1.